The van der Waals surface area contributed by atoms with Crippen molar-refractivity contribution in [2.45, 2.75) is 29.9 Å². The van der Waals surface area contributed by atoms with Gasteiger partial charge in [-0.3, -0.25) is 0 Å². The van der Waals surface area contributed by atoms with E-state index < -0.39 is 20.8 Å². The van der Waals surface area contributed by atoms with Crippen LogP contribution in [0.25, 0.3) is 0 Å². The normalized spacial score (nSPS) is 11.6. The Bertz CT molecular complexity index is 673. The van der Waals surface area contributed by atoms with Gasteiger partial charge in [0.1, 0.15) is 11.5 Å². The maximum Gasteiger partial charge on any atom is 0.416 e. The first kappa shape index (κ1) is 18.7. The summed E-state index contributed by atoms with van der Waals surface area (Å²) >= 11 is 1.35. The van der Waals surface area contributed by atoms with Crippen LogP contribution in [-0.2, 0) is 11.9 Å². The first-order valence-electron chi connectivity index (χ1n) is 7.24. The molecule has 0 amide bonds. The molecular weight excluding hydrogens is 353 g/mol. The summed E-state index contributed by atoms with van der Waals surface area (Å²) in [5.41, 5.74) is 0.330. The Labute approximate surface area is 145 Å². The van der Waals surface area contributed by atoms with Gasteiger partial charge in [0.15, 0.2) is 0 Å². The largest absolute Gasteiger partial charge is 0.543 e. The van der Waals surface area contributed by atoms with Crippen LogP contribution in [0, 0.1) is 0 Å². The third-order valence-electron chi connectivity index (χ3n) is 3.09. The molecule has 2 rings (SSSR count). The van der Waals surface area contributed by atoms with Crippen LogP contribution in [-0.4, -0.2) is 16.2 Å². The fourth-order valence-corrected chi connectivity index (χ4v) is 3.53. The lowest BCUT2D eigenvalue weighted by Crippen LogP contribution is -2.12. The van der Waals surface area contributed by atoms with Crippen molar-refractivity contribution in [2.75, 3.05) is 7.11 Å². The molecular formula is C17H18F3O2SSi. The Morgan fingerprint density at radius 3 is 2.21 bits per heavy atom. The van der Waals surface area contributed by atoms with Crippen LogP contribution in [0.5, 0.6) is 11.5 Å². The highest BCUT2D eigenvalue weighted by molar-refractivity contribution is 7.98. The zero-order chi connectivity index (χ0) is 17.7. The highest BCUT2D eigenvalue weighted by Gasteiger charge is 2.31. The van der Waals surface area contributed by atoms with E-state index in [0.717, 1.165) is 17.4 Å². The van der Waals surface area contributed by atoms with Gasteiger partial charge in [-0.2, -0.15) is 13.2 Å². The number of ether oxygens (including phenoxy) is 1. The number of rotatable bonds is 6. The first-order valence-corrected chi connectivity index (χ1v) is 10.6. The number of hydrogen-bond acceptors (Lipinski definition) is 3. The monoisotopic (exact) mass is 371 g/mol. The van der Waals surface area contributed by atoms with E-state index in [-0.39, 0.29) is 5.75 Å². The van der Waals surface area contributed by atoms with Gasteiger partial charge in [0.2, 0.25) is 0 Å². The molecule has 2 aromatic rings. The molecule has 0 bridgehead atoms. The van der Waals surface area contributed by atoms with Crippen molar-refractivity contribution in [3.63, 3.8) is 0 Å². The SMILES string of the molecule is COc1ccc(CSc2cc(O[Si](C)C)cc(C(F)(F)F)c2)cc1. The molecule has 2 nitrogen and oxygen atoms in total. The van der Waals surface area contributed by atoms with E-state index >= 15 is 0 Å². The Kier molecular flexibility index (Phi) is 6.23. The summed E-state index contributed by atoms with van der Waals surface area (Å²) in [4.78, 5) is 0.541. The lowest BCUT2D eigenvalue weighted by atomic mass is 10.2. The number of benzene rings is 2. The Balaban J connectivity index is 2.17. The molecule has 0 spiro atoms. The number of halogens is 3. The van der Waals surface area contributed by atoms with Gasteiger partial charge >= 0.3 is 6.18 Å². The fourth-order valence-electron chi connectivity index (χ4n) is 2.00. The zero-order valence-corrected chi connectivity index (χ0v) is 15.4. The third-order valence-corrected chi connectivity index (χ3v) is 4.78. The lowest BCUT2D eigenvalue weighted by molar-refractivity contribution is -0.137. The molecule has 24 heavy (non-hydrogen) atoms. The second kappa shape index (κ2) is 7.98. The van der Waals surface area contributed by atoms with Crippen molar-refractivity contribution < 1.29 is 22.3 Å². The van der Waals surface area contributed by atoms with E-state index in [1.54, 1.807) is 13.2 Å². The van der Waals surface area contributed by atoms with Gasteiger partial charge in [-0.05, 0) is 49.0 Å². The average molecular weight is 371 g/mol. The van der Waals surface area contributed by atoms with Crippen LogP contribution in [0.3, 0.4) is 0 Å². The molecule has 129 valence electrons. The summed E-state index contributed by atoms with van der Waals surface area (Å²) in [6.45, 7) is 3.77. The predicted octanol–water partition coefficient (Wildman–Crippen LogP) is 5.64. The van der Waals surface area contributed by atoms with Crippen molar-refractivity contribution in [3.05, 3.63) is 53.6 Å². The molecule has 0 aliphatic heterocycles. The average Bonchev–Trinajstić information content (AvgIpc) is 2.52. The Morgan fingerprint density at radius 2 is 1.67 bits per heavy atom. The minimum atomic E-state index is -4.39. The van der Waals surface area contributed by atoms with Crippen LogP contribution in [0.2, 0.25) is 13.1 Å². The molecule has 0 N–H and O–H groups in total. The standard InChI is InChI=1S/C17H18F3O2SSi/c1-21-14-6-4-12(5-7-14)11-23-16-9-13(17(18,19)20)8-15(10-16)22-24(2)3/h4-10H,11H2,1-3H3. The maximum absolute atomic E-state index is 13.1. The van der Waals surface area contributed by atoms with E-state index in [2.05, 4.69) is 0 Å². The molecule has 1 radical (unpaired) electrons. The quantitative estimate of drug-likeness (QED) is 0.484. The van der Waals surface area contributed by atoms with Gasteiger partial charge in [-0.15, -0.1) is 11.8 Å². The second-order valence-corrected chi connectivity index (χ2v) is 8.41. The number of alkyl halides is 3. The molecule has 2 aromatic carbocycles. The van der Waals surface area contributed by atoms with Crippen LogP contribution >= 0.6 is 11.8 Å². The third kappa shape index (κ3) is 5.49. The summed E-state index contributed by atoms with van der Waals surface area (Å²) in [7, 11) is 0.459. The topological polar surface area (TPSA) is 18.5 Å². The van der Waals surface area contributed by atoms with Gasteiger partial charge in [0.25, 0.3) is 9.04 Å². The van der Waals surface area contributed by atoms with Crippen molar-refractivity contribution in [3.8, 4) is 11.5 Å². The Hall–Kier alpha value is -1.60. The number of methoxy groups -OCH3 is 1. The van der Waals surface area contributed by atoms with E-state index in [1.807, 2.05) is 37.4 Å². The lowest BCUT2D eigenvalue weighted by Gasteiger charge is -2.14. The molecule has 0 aliphatic rings. The zero-order valence-electron chi connectivity index (χ0n) is 13.6. The van der Waals surface area contributed by atoms with Crippen LogP contribution in [0.1, 0.15) is 11.1 Å². The fraction of sp³-hybridized carbons (Fsp3) is 0.294. The summed E-state index contributed by atoms with van der Waals surface area (Å²) < 4.78 is 49.8. The number of thioether (sulfide) groups is 1. The van der Waals surface area contributed by atoms with Gasteiger partial charge in [-0.1, -0.05) is 12.1 Å². The van der Waals surface area contributed by atoms with Crippen molar-refractivity contribution in [1.29, 1.82) is 0 Å². The van der Waals surface area contributed by atoms with Gasteiger partial charge in [-0.25, -0.2) is 0 Å². The van der Waals surface area contributed by atoms with E-state index in [4.69, 9.17) is 9.16 Å². The summed E-state index contributed by atoms with van der Waals surface area (Å²) in [5.74, 6) is 1.60. The molecule has 0 aromatic heterocycles. The second-order valence-electron chi connectivity index (χ2n) is 5.34. The van der Waals surface area contributed by atoms with Crippen LogP contribution in [0.4, 0.5) is 13.2 Å². The minimum Gasteiger partial charge on any atom is -0.543 e. The summed E-state index contributed by atoms with van der Waals surface area (Å²) in [6, 6.07) is 11.4. The summed E-state index contributed by atoms with van der Waals surface area (Å²) in [6.07, 6.45) is -4.39. The molecule has 7 heteroatoms. The van der Waals surface area contributed by atoms with Gasteiger partial charge in [0.05, 0.1) is 12.7 Å². The molecule has 0 saturated carbocycles. The smallest absolute Gasteiger partial charge is 0.416 e. The highest BCUT2D eigenvalue weighted by atomic mass is 32.2. The van der Waals surface area contributed by atoms with Gasteiger partial charge < -0.3 is 9.16 Å². The molecule has 0 unspecified atom stereocenters. The molecule has 0 heterocycles. The van der Waals surface area contributed by atoms with Crippen LogP contribution in [0.15, 0.2) is 47.4 Å². The first-order chi connectivity index (χ1) is 11.3. The van der Waals surface area contributed by atoms with Gasteiger partial charge in [0, 0.05) is 10.6 Å². The molecule has 0 aliphatic carbocycles. The van der Waals surface area contributed by atoms with Crippen molar-refractivity contribution in [2.24, 2.45) is 0 Å². The van der Waals surface area contributed by atoms with E-state index in [9.17, 15) is 13.2 Å². The minimum absolute atomic E-state index is 0.279. The molecule has 0 fully saturated rings. The molecule has 0 atom stereocenters. The number of hydrogen-bond donors (Lipinski definition) is 0. The highest BCUT2D eigenvalue weighted by Crippen LogP contribution is 2.36. The predicted molar refractivity (Wildman–Crippen MR) is 92.1 cm³/mol. The van der Waals surface area contributed by atoms with Crippen molar-refractivity contribution in [1.82, 2.24) is 0 Å². The Morgan fingerprint density at radius 1 is 1.00 bits per heavy atom. The summed E-state index contributed by atoms with van der Waals surface area (Å²) in [5, 5.41) is 0. The van der Waals surface area contributed by atoms with E-state index in [1.165, 1.54) is 17.8 Å². The van der Waals surface area contributed by atoms with Crippen LogP contribution < -0.4 is 9.16 Å². The van der Waals surface area contributed by atoms with Crippen molar-refractivity contribution >= 4 is 20.8 Å². The van der Waals surface area contributed by atoms with E-state index in [0.29, 0.717) is 10.6 Å². The molecule has 0 saturated heterocycles. The maximum atomic E-state index is 13.1.